The van der Waals surface area contributed by atoms with Gasteiger partial charge in [-0.25, -0.2) is 4.79 Å². The first-order valence-electron chi connectivity index (χ1n) is 9.31. The fourth-order valence-corrected chi connectivity index (χ4v) is 3.10. The third-order valence-corrected chi connectivity index (χ3v) is 4.35. The number of para-hydroxylation sites is 2. The van der Waals surface area contributed by atoms with E-state index in [-0.39, 0.29) is 12.2 Å². The molecule has 0 aliphatic carbocycles. The van der Waals surface area contributed by atoms with Crippen LogP contribution in [0.25, 0.3) is 0 Å². The van der Waals surface area contributed by atoms with Gasteiger partial charge in [-0.3, -0.25) is 4.79 Å². The highest BCUT2D eigenvalue weighted by Gasteiger charge is 2.16. The number of ether oxygens (including phenoxy) is 2. The molecule has 3 aromatic carbocycles. The van der Waals surface area contributed by atoms with Crippen LogP contribution in [0.5, 0.6) is 11.5 Å². The number of aryl methyl sites for hydroxylation is 3. The van der Waals surface area contributed by atoms with Gasteiger partial charge in [-0.1, -0.05) is 48.0 Å². The second-order valence-corrected chi connectivity index (χ2v) is 6.81. The van der Waals surface area contributed by atoms with Crippen molar-refractivity contribution in [1.82, 2.24) is 0 Å². The van der Waals surface area contributed by atoms with E-state index in [0.717, 1.165) is 22.4 Å². The summed E-state index contributed by atoms with van der Waals surface area (Å²) < 4.78 is 11.0. The summed E-state index contributed by atoms with van der Waals surface area (Å²) in [5.74, 6) is -0.0379. The SMILES string of the molecule is Cc1cc(C)c(NC(=O)COC(=O)c2ccccc2Oc2ccccc2)c(C)c1. The molecule has 0 aliphatic heterocycles. The molecule has 0 saturated heterocycles. The molecule has 0 bridgehead atoms. The molecule has 1 N–H and O–H groups in total. The lowest BCUT2D eigenvalue weighted by molar-refractivity contribution is -0.119. The van der Waals surface area contributed by atoms with Crippen molar-refractivity contribution in [2.24, 2.45) is 0 Å². The van der Waals surface area contributed by atoms with E-state index < -0.39 is 11.9 Å². The second kappa shape index (κ2) is 9.06. The van der Waals surface area contributed by atoms with Gasteiger partial charge in [-0.2, -0.15) is 0 Å². The van der Waals surface area contributed by atoms with Gasteiger partial charge in [0, 0.05) is 5.69 Å². The van der Waals surface area contributed by atoms with E-state index in [1.165, 1.54) is 0 Å². The van der Waals surface area contributed by atoms with Crippen LogP contribution in [0.4, 0.5) is 5.69 Å². The molecule has 0 heterocycles. The van der Waals surface area contributed by atoms with Gasteiger partial charge in [0.15, 0.2) is 6.61 Å². The van der Waals surface area contributed by atoms with Crippen molar-refractivity contribution in [3.05, 3.63) is 89.0 Å². The van der Waals surface area contributed by atoms with Crippen molar-refractivity contribution in [3.63, 3.8) is 0 Å². The first kappa shape index (κ1) is 20.1. The van der Waals surface area contributed by atoms with Crippen molar-refractivity contribution in [2.45, 2.75) is 20.8 Å². The van der Waals surface area contributed by atoms with Crippen LogP contribution >= 0.6 is 0 Å². The van der Waals surface area contributed by atoms with E-state index in [1.54, 1.807) is 36.4 Å². The number of amides is 1. The molecule has 0 radical (unpaired) electrons. The Balaban J connectivity index is 1.65. The highest BCUT2D eigenvalue weighted by Crippen LogP contribution is 2.26. The van der Waals surface area contributed by atoms with E-state index in [4.69, 9.17) is 9.47 Å². The van der Waals surface area contributed by atoms with Gasteiger partial charge in [-0.15, -0.1) is 0 Å². The molecule has 3 aromatic rings. The molecule has 0 atom stereocenters. The monoisotopic (exact) mass is 389 g/mol. The zero-order valence-electron chi connectivity index (χ0n) is 16.7. The highest BCUT2D eigenvalue weighted by atomic mass is 16.5. The van der Waals surface area contributed by atoms with Gasteiger partial charge in [0.1, 0.15) is 17.1 Å². The van der Waals surface area contributed by atoms with Gasteiger partial charge in [-0.05, 0) is 56.2 Å². The lowest BCUT2D eigenvalue weighted by atomic mass is 10.1. The van der Waals surface area contributed by atoms with E-state index in [2.05, 4.69) is 5.32 Å². The fraction of sp³-hybridized carbons (Fsp3) is 0.167. The van der Waals surface area contributed by atoms with Crippen LogP contribution in [0.15, 0.2) is 66.7 Å². The molecule has 3 rings (SSSR count). The van der Waals surface area contributed by atoms with Gasteiger partial charge >= 0.3 is 5.97 Å². The Bertz CT molecular complexity index is 1010. The van der Waals surface area contributed by atoms with E-state index >= 15 is 0 Å². The minimum absolute atomic E-state index is 0.256. The number of benzene rings is 3. The Morgan fingerprint density at radius 3 is 2.17 bits per heavy atom. The van der Waals surface area contributed by atoms with Crippen LogP contribution in [0.3, 0.4) is 0 Å². The summed E-state index contributed by atoms with van der Waals surface area (Å²) in [7, 11) is 0. The lowest BCUT2D eigenvalue weighted by Gasteiger charge is -2.13. The zero-order chi connectivity index (χ0) is 20.8. The number of hydrogen-bond donors (Lipinski definition) is 1. The molecule has 0 aliphatic rings. The molecule has 0 spiro atoms. The summed E-state index contributed by atoms with van der Waals surface area (Å²) in [6.07, 6.45) is 0. The minimum atomic E-state index is -0.621. The van der Waals surface area contributed by atoms with E-state index in [9.17, 15) is 9.59 Å². The van der Waals surface area contributed by atoms with Crippen LogP contribution in [0.2, 0.25) is 0 Å². The number of carbonyl (C=O) groups excluding carboxylic acids is 2. The first-order valence-corrected chi connectivity index (χ1v) is 9.31. The normalized spacial score (nSPS) is 10.3. The second-order valence-electron chi connectivity index (χ2n) is 6.81. The van der Waals surface area contributed by atoms with Gasteiger partial charge in [0.05, 0.1) is 0 Å². The minimum Gasteiger partial charge on any atom is -0.456 e. The molecule has 5 heteroatoms. The number of carbonyl (C=O) groups is 2. The van der Waals surface area contributed by atoms with Crippen LogP contribution in [0, 0.1) is 20.8 Å². The predicted molar refractivity (Wildman–Crippen MR) is 113 cm³/mol. The zero-order valence-corrected chi connectivity index (χ0v) is 16.7. The fourth-order valence-electron chi connectivity index (χ4n) is 3.10. The quantitative estimate of drug-likeness (QED) is 0.589. The Morgan fingerprint density at radius 2 is 1.48 bits per heavy atom. The van der Waals surface area contributed by atoms with Crippen molar-refractivity contribution >= 4 is 17.6 Å². The number of hydrogen-bond acceptors (Lipinski definition) is 4. The van der Waals surface area contributed by atoms with Crippen molar-refractivity contribution in [1.29, 1.82) is 0 Å². The van der Waals surface area contributed by atoms with Crippen molar-refractivity contribution in [2.75, 3.05) is 11.9 Å². The average molecular weight is 389 g/mol. The largest absolute Gasteiger partial charge is 0.456 e. The van der Waals surface area contributed by atoms with Gasteiger partial charge in [0.25, 0.3) is 5.91 Å². The number of nitrogens with one attached hydrogen (secondary N) is 1. The third-order valence-electron chi connectivity index (χ3n) is 4.35. The highest BCUT2D eigenvalue weighted by molar-refractivity contribution is 5.97. The van der Waals surface area contributed by atoms with Crippen molar-refractivity contribution in [3.8, 4) is 11.5 Å². The molecular weight excluding hydrogens is 366 g/mol. The molecule has 0 fully saturated rings. The van der Waals surface area contributed by atoms with Crippen LogP contribution in [0.1, 0.15) is 27.0 Å². The maximum absolute atomic E-state index is 12.5. The van der Waals surface area contributed by atoms with E-state index in [0.29, 0.717) is 11.5 Å². The summed E-state index contributed by atoms with van der Waals surface area (Å²) in [6, 6.07) is 19.9. The molecular formula is C24H23NO4. The Morgan fingerprint density at radius 1 is 0.862 bits per heavy atom. The Kier molecular flexibility index (Phi) is 6.29. The van der Waals surface area contributed by atoms with Gasteiger partial charge in [0.2, 0.25) is 0 Å². The predicted octanol–water partition coefficient (Wildman–Crippen LogP) is 5.20. The number of esters is 1. The van der Waals surface area contributed by atoms with Crippen molar-refractivity contribution < 1.29 is 19.1 Å². The Labute approximate surface area is 170 Å². The lowest BCUT2D eigenvalue weighted by Crippen LogP contribution is -2.22. The third kappa shape index (κ3) is 5.23. The summed E-state index contributed by atoms with van der Waals surface area (Å²) in [4.78, 5) is 24.8. The first-order chi connectivity index (χ1) is 13.9. The van der Waals surface area contributed by atoms with Crippen LogP contribution in [-0.2, 0) is 9.53 Å². The molecule has 29 heavy (non-hydrogen) atoms. The molecule has 0 saturated carbocycles. The van der Waals surface area contributed by atoms with Crippen LogP contribution < -0.4 is 10.1 Å². The number of rotatable bonds is 6. The molecule has 1 amide bonds. The van der Waals surface area contributed by atoms with Crippen LogP contribution in [-0.4, -0.2) is 18.5 Å². The summed E-state index contributed by atoms with van der Waals surface area (Å²) in [6.45, 7) is 5.48. The molecule has 5 nitrogen and oxygen atoms in total. The standard InChI is InChI=1S/C24H23NO4/c1-16-13-17(2)23(18(3)14-16)25-22(26)15-28-24(27)20-11-7-8-12-21(20)29-19-9-5-4-6-10-19/h4-14H,15H2,1-3H3,(H,25,26). The topological polar surface area (TPSA) is 64.6 Å². The molecule has 0 aromatic heterocycles. The van der Waals surface area contributed by atoms with E-state index in [1.807, 2.05) is 51.1 Å². The average Bonchev–Trinajstić information content (AvgIpc) is 2.70. The molecule has 0 unspecified atom stereocenters. The maximum Gasteiger partial charge on any atom is 0.342 e. The molecule has 148 valence electrons. The number of anilines is 1. The summed E-state index contributed by atoms with van der Waals surface area (Å²) >= 11 is 0. The summed E-state index contributed by atoms with van der Waals surface area (Å²) in [5.41, 5.74) is 4.04. The summed E-state index contributed by atoms with van der Waals surface area (Å²) in [5, 5.41) is 2.82. The Hall–Kier alpha value is -3.60. The van der Waals surface area contributed by atoms with Gasteiger partial charge < -0.3 is 14.8 Å². The maximum atomic E-state index is 12.5. The smallest absolute Gasteiger partial charge is 0.342 e.